The topological polar surface area (TPSA) is 38.9 Å². The Labute approximate surface area is 108 Å². The van der Waals surface area contributed by atoms with Gasteiger partial charge in [0.1, 0.15) is 5.88 Å². The third kappa shape index (κ3) is 3.01. The smallest absolute Gasteiger partial charge is 0.231 e. The highest BCUT2D eigenvalue weighted by Gasteiger charge is 2.32. The lowest BCUT2D eigenvalue weighted by molar-refractivity contribution is 0.161. The Morgan fingerprint density at radius 1 is 1.18 bits per heavy atom. The molecule has 0 spiro atoms. The zero-order valence-electron chi connectivity index (χ0n) is 10.9. The van der Waals surface area contributed by atoms with Crippen molar-refractivity contribution < 1.29 is 4.42 Å². The van der Waals surface area contributed by atoms with Crippen LogP contribution in [-0.4, -0.2) is 10.2 Å². The maximum absolute atomic E-state index is 5.67. The van der Waals surface area contributed by atoms with Crippen molar-refractivity contribution in [2.45, 2.75) is 58.3 Å². The monoisotopic (exact) mass is 256 g/mol. The number of rotatable bonds is 2. The molecule has 0 aromatic carbocycles. The molecule has 1 aliphatic carbocycles. The Morgan fingerprint density at radius 3 is 2.29 bits per heavy atom. The molecule has 3 nitrogen and oxygen atoms in total. The summed E-state index contributed by atoms with van der Waals surface area (Å²) in [7, 11) is 0. The molecule has 1 heterocycles. The van der Waals surface area contributed by atoms with E-state index in [4.69, 9.17) is 16.0 Å². The van der Waals surface area contributed by atoms with Crippen molar-refractivity contribution in [3.05, 3.63) is 11.8 Å². The van der Waals surface area contributed by atoms with Crippen molar-refractivity contribution in [3.63, 3.8) is 0 Å². The molecule has 1 aromatic rings. The molecule has 0 bridgehead atoms. The number of aromatic nitrogens is 2. The molecular formula is C13H21ClN2O. The molecule has 1 aromatic heterocycles. The second kappa shape index (κ2) is 4.97. The van der Waals surface area contributed by atoms with E-state index in [9.17, 15) is 0 Å². The molecule has 0 atom stereocenters. The average molecular weight is 257 g/mol. The van der Waals surface area contributed by atoms with E-state index in [1.54, 1.807) is 0 Å². The highest BCUT2D eigenvalue weighted by atomic mass is 35.5. The Morgan fingerprint density at radius 2 is 1.82 bits per heavy atom. The molecule has 0 radical (unpaired) electrons. The SMILES string of the molecule is CC(C)(C)C1CCC(c2nnc(CCl)o2)CC1. The summed E-state index contributed by atoms with van der Waals surface area (Å²) in [5, 5.41) is 8.03. The predicted molar refractivity (Wildman–Crippen MR) is 68.0 cm³/mol. The summed E-state index contributed by atoms with van der Waals surface area (Å²) < 4.78 is 5.54. The van der Waals surface area contributed by atoms with Crippen LogP contribution in [-0.2, 0) is 5.88 Å². The maximum atomic E-state index is 5.67. The zero-order chi connectivity index (χ0) is 12.5. The van der Waals surface area contributed by atoms with Gasteiger partial charge in [0.05, 0.1) is 0 Å². The van der Waals surface area contributed by atoms with Crippen LogP contribution in [0.15, 0.2) is 4.42 Å². The van der Waals surface area contributed by atoms with Gasteiger partial charge in [-0.15, -0.1) is 21.8 Å². The number of halogens is 1. The lowest BCUT2D eigenvalue weighted by atomic mass is 9.70. The summed E-state index contributed by atoms with van der Waals surface area (Å²) in [5.74, 6) is 2.89. The van der Waals surface area contributed by atoms with Crippen molar-refractivity contribution in [1.29, 1.82) is 0 Å². The molecule has 0 aliphatic heterocycles. The number of alkyl halides is 1. The van der Waals surface area contributed by atoms with E-state index in [1.165, 1.54) is 12.8 Å². The second-order valence-electron chi connectivity index (χ2n) is 6.08. The molecule has 0 saturated heterocycles. The van der Waals surface area contributed by atoms with Crippen LogP contribution in [0.5, 0.6) is 0 Å². The fourth-order valence-electron chi connectivity index (χ4n) is 2.69. The van der Waals surface area contributed by atoms with Crippen LogP contribution in [0.4, 0.5) is 0 Å². The lowest BCUT2D eigenvalue weighted by Gasteiger charge is -2.36. The van der Waals surface area contributed by atoms with Gasteiger partial charge in [0.15, 0.2) is 0 Å². The van der Waals surface area contributed by atoms with Gasteiger partial charge in [-0.3, -0.25) is 0 Å². The minimum Gasteiger partial charge on any atom is -0.424 e. The van der Waals surface area contributed by atoms with E-state index in [1.807, 2.05) is 0 Å². The van der Waals surface area contributed by atoms with E-state index >= 15 is 0 Å². The molecule has 0 N–H and O–H groups in total. The van der Waals surface area contributed by atoms with Gasteiger partial charge in [-0.1, -0.05) is 20.8 Å². The van der Waals surface area contributed by atoms with Crippen molar-refractivity contribution in [2.24, 2.45) is 11.3 Å². The fourth-order valence-corrected chi connectivity index (χ4v) is 2.80. The molecule has 1 aliphatic rings. The van der Waals surface area contributed by atoms with Crippen LogP contribution in [0, 0.1) is 11.3 Å². The Hall–Kier alpha value is -0.570. The fraction of sp³-hybridized carbons (Fsp3) is 0.846. The minimum absolute atomic E-state index is 0.310. The minimum atomic E-state index is 0.310. The van der Waals surface area contributed by atoms with Crippen molar-refractivity contribution in [3.8, 4) is 0 Å². The Balaban J connectivity index is 1.95. The summed E-state index contributed by atoms with van der Waals surface area (Å²) in [6.07, 6.45) is 4.83. The molecule has 2 rings (SSSR count). The van der Waals surface area contributed by atoms with Crippen LogP contribution < -0.4 is 0 Å². The predicted octanol–water partition coefficient (Wildman–Crippen LogP) is 4.13. The van der Waals surface area contributed by atoms with E-state index in [0.717, 1.165) is 24.7 Å². The van der Waals surface area contributed by atoms with Crippen LogP contribution in [0.25, 0.3) is 0 Å². The van der Waals surface area contributed by atoms with Gasteiger partial charge in [-0.2, -0.15) is 0 Å². The molecule has 0 amide bonds. The van der Waals surface area contributed by atoms with E-state index < -0.39 is 0 Å². The summed E-state index contributed by atoms with van der Waals surface area (Å²) in [5.41, 5.74) is 0.418. The molecule has 1 saturated carbocycles. The average Bonchev–Trinajstić information content (AvgIpc) is 2.76. The quantitative estimate of drug-likeness (QED) is 0.747. The third-order valence-electron chi connectivity index (χ3n) is 3.90. The first kappa shape index (κ1) is 12.9. The molecule has 0 unspecified atom stereocenters. The third-order valence-corrected chi connectivity index (χ3v) is 4.13. The number of nitrogens with zero attached hydrogens (tertiary/aromatic N) is 2. The lowest BCUT2D eigenvalue weighted by Crippen LogP contribution is -2.25. The van der Waals surface area contributed by atoms with Crippen molar-refractivity contribution >= 4 is 11.6 Å². The van der Waals surface area contributed by atoms with Crippen LogP contribution in [0.2, 0.25) is 0 Å². The summed E-state index contributed by atoms with van der Waals surface area (Å²) >= 11 is 5.67. The molecular weight excluding hydrogens is 236 g/mol. The van der Waals surface area contributed by atoms with Gasteiger partial charge in [0, 0.05) is 5.92 Å². The summed E-state index contributed by atoms with van der Waals surface area (Å²) in [4.78, 5) is 0. The van der Waals surface area contributed by atoms with Gasteiger partial charge in [0.2, 0.25) is 11.8 Å². The first-order chi connectivity index (χ1) is 8.00. The Bertz CT molecular complexity index is 362. The summed E-state index contributed by atoms with van der Waals surface area (Å²) in [6.45, 7) is 6.99. The maximum Gasteiger partial charge on any atom is 0.231 e. The van der Waals surface area contributed by atoms with Crippen LogP contribution in [0.1, 0.15) is 64.2 Å². The normalized spacial score (nSPS) is 26.1. The number of hydrogen-bond donors (Lipinski definition) is 0. The van der Waals surface area contributed by atoms with E-state index in [0.29, 0.717) is 23.1 Å². The standard InChI is InChI=1S/C13H21ClN2O/c1-13(2,3)10-6-4-9(5-7-10)12-16-15-11(8-14)17-12/h9-10H,4-8H2,1-3H3. The first-order valence-corrected chi connectivity index (χ1v) is 6.92. The molecule has 1 fully saturated rings. The largest absolute Gasteiger partial charge is 0.424 e. The van der Waals surface area contributed by atoms with Gasteiger partial charge in [-0.25, -0.2) is 0 Å². The summed E-state index contributed by atoms with van der Waals surface area (Å²) in [6, 6.07) is 0. The van der Waals surface area contributed by atoms with Gasteiger partial charge >= 0.3 is 0 Å². The van der Waals surface area contributed by atoms with Crippen molar-refractivity contribution in [1.82, 2.24) is 10.2 Å². The molecule has 4 heteroatoms. The zero-order valence-corrected chi connectivity index (χ0v) is 11.6. The van der Waals surface area contributed by atoms with E-state index in [2.05, 4.69) is 31.0 Å². The van der Waals surface area contributed by atoms with E-state index in [-0.39, 0.29) is 0 Å². The molecule has 96 valence electrons. The highest BCUT2D eigenvalue weighted by Crippen LogP contribution is 2.42. The van der Waals surface area contributed by atoms with Crippen LogP contribution >= 0.6 is 11.6 Å². The van der Waals surface area contributed by atoms with Crippen LogP contribution in [0.3, 0.4) is 0 Å². The van der Waals surface area contributed by atoms with Crippen molar-refractivity contribution in [2.75, 3.05) is 0 Å². The van der Waals surface area contributed by atoms with Gasteiger partial charge in [0.25, 0.3) is 0 Å². The van der Waals surface area contributed by atoms with Gasteiger partial charge in [-0.05, 0) is 37.0 Å². The number of hydrogen-bond acceptors (Lipinski definition) is 3. The second-order valence-corrected chi connectivity index (χ2v) is 6.35. The highest BCUT2D eigenvalue weighted by molar-refractivity contribution is 6.16. The Kier molecular flexibility index (Phi) is 3.76. The van der Waals surface area contributed by atoms with Gasteiger partial charge < -0.3 is 4.42 Å². The first-order valence-electron chi connectivity index (χ1n) is 6.39. The molecule has 17 heavy (non-hydrogen) atoms.